The van der Waals surface area contributed by atoms with Gasteiger partial charge in [0.05, 0.1) is 26.2 Å². The number of anilines is 1. The van der Waals surface area contributed by atoms with Gasteiger partial charge in [0.25, 0.3) is 0 Å². The third-order valence-electron chi connectivity index (χ3n) is 4.24. The van der Waals surface area contributed by atoms with Crippen molar-refractivity contribution in [1.82, 2.24) is 0 Å². The van der Waals surface area contributed by atoms with E-state index in [-0.39, 0.29) is 29.2 Å². The number of amides is 1. The Bertz CT molecular complexity index is 1050. The molecule has 0 aliphatic carbocycles. The molecule has 0 bridgehead atoms. The van der Waals surface area contributed by atoms with Crippen molar-refractivity contribution in [2.75, 3.05) is 19.5 Å². The van der Waals surface area contributed by atoms with Crippen molar-refractivity contribution >= 4 is 22.6 Å². The van der Waals surface area contributed by atoms with Crippen molar-refractivity contribution in [2.24, 2.45) is 0 Å². The van der Waals surface area contributed by atoms with E-state index in [1.807, 2.05) is 0 Å². The van der Waals surface area contributed by atoms with Crippen LogP contribution >= 0.6 is 0 Å². The smallest absolute Gasteiger partial charge is 0.340 e. The zero-order valence-corrected chi connectivity index (χ0v) is 15.2. The molecule has 0 aliphatic heterocycles. The average molecular weight is 369 g/mol. The van der Waals surface area contributed by atoms with Gasteiger partial charge in [-0.25, -0.2) is 4.79 Å². The molecule has 3 aromatic rings. The summed E-state index contributed by atoms with van der Waals surface area (Å²) in [5, 5.41) is 12.9. The summed E-state index contributed by atoms with van der Waals surface area (Å²) < 4.78 is 15.6. The van der Waals surface area contributed by atoms with Crippen LogP contribution in [0.15, 0.2) is 45.6 Å². The van der Waals surface area contributed by atoms with Gasteiger partial charge in [0, 0.05) is 35.3 Å². The molecule has 0 aliphatic rings. The Morgan fingerprint density at radius 2 is 1.78 bits per heavy atom. The number of hydrogen-bond acceptors (Lipinski definition) is 6. The highest BCUT2D eigenvalue weighted by Gasteiger charge is 2.16. The molecule has 0 spiro atoms. The van der Waals surface area contributed by atoms with Crippen LogP contribution in [-0.2, 0) is 11.2 Å². The van der Waals surface area contributed by atoms with Gasteiger partial charge in [0.1, 0.15) is 22.8 Å². The second-order valence-corrected chi connectivity index (χ2v) is 6.00. The van der Waals surface area contributed by atoms with Crippen LogP contribution in [0.1, 0.15) is 11.1 Å². The van der Waals surface area contributed by atoms with E-state index in [1.54, 1.807) is 31.2 Å². The topological polar surface area (TPSA) is 98.0 Å². The monoisotopic (exact) mass is 369 g/mol. The summed E-state index contributed by atoms with van der Waals surface area (Å²) in [5.41, 5.74) is 1.06. The highest BCUT2D eigenvalue weighted by atomic mass is 16.5. The van der Waals surface area contributed by atoms with Crippen LogP contribution < -0.4 is 20.4 Å². The second kappa shape index (κ2) is 7.41. The molecule has 1 heterocycles. The van der Waals surface area contributed by atoms with E-state index < -0.39 is 5.63 Å². The first kappa shape index (κ1) is 18.3. The SMILES string of the molecule is COc1cc(NC(=O)Cc2c(C)c3ccc(O)cc3oc2=O)cc(OC)c1. The number of carbonyl (C=O) groups excluding carboxylic acids is 1. The van der Waals surface area contributed by atoms with E-state index in [2.05, 4.69) is 5.32 Å². The van der Waals surface area contributed by atoms with Crippen LogP contribution in [0.2, 0.25) is 0 Å². The predicted molar refractivity (Wildman–Crippen MR) is 101 cm³/mol. The van der Waals surface area contributed by atoms with Gasteiger partial charge >= 0.3 is 5.63 Å². The molecule has 2 N–H and O–H groups in total. The Morgan fingerprint density at radius 1 is 1.11 bits per heavy atom. The lowest BCUT2D eigenvalue weighted by Crippen LogP contribution is -2.20. The van der Waals surface area contributed by atoms with Gasteiger partial charge < -0.3 is 24.3 Å². The Labute approximate surface area is 155 Å². The highest BCUT2D eigenvalue weighted by Crippen LogP contribution is 2.26. The molecule has 0 fully saturated rings. The number of rotatable bonds is 5. The summed E-state index contributed by atoms with van der Waals surface area (Å²) in [7, 11) is 3.03. The van der Waals surface area contributed by atoms with Crippen molar-refractivity contribution in [3.05, 3.63) is 57.9 Å². The van der Waals surface area contributed by atoms with E-state index in [9.17, 15) is 14.7 Å². The molecule has 1 aromatic heterocycles. The predicted octanol–water partition coefficient (Wildman–Crippen LogP) is 3.01. The number of phenolic OH excluding ortho intramolecular Hbond substituents is 1. The summed E-state index contributed by atoms with van der Waals surface area (Å²) in [5.74, 6) is 0.693. The molecule has 0 unspecified atom stereocenters. The van der Waals surface area contributed by atoms with E-state index in [4.69, 9.17) is 13.9 Å². The Balaban J connectivity index is 1.88. The fraction of sp³-hybridized carbons (Fsp3) is 0.200. The second-order valence-electron chi connectivity index (χ2n) is 6.00. The number of phenols is 1. The molecule has 7 nitrogen and oxygen atoms in total. The molecule has 0 atom stereocenters. The van der Waals surface area contributed by atoms with Crippen LogP contribution in [0.5, 0.6) is 17.2 Å². The molecule has 3 rings (SSSR count). The lowest BCUT2D eigenvalue weighted by Gasteiger charge is -2.11. The zero-order valence-electron chi connectivity index (χ0n) is 15.2. The molecular formula is C20H19NO6. The quantitative estimate of drug-likeness (QED) is 0.671. The van der Waals surface area contributed by atoms with Crippen molar-refractivity contribution in [2.45, 2.75) is 13.3 Å². The first-order valence-corrected chi connectivity index (χ1v) is 8.19. The molecule has 2 aromatic carbocycles. The van der Waals surface area contributed by atoms with E-state index >= 15 is 0 Å². The van der Waals surface area contributed by atoms with Crippen LogP contribution in [0.4, 0.5) is 5.69 Å². The summed E-state index contributed by atoms with van der Waals surface area (Å²) in [4.78, 5) is 24.7. The third kappa shape index (κ3) is 3.87. The minimum Gasteiger partial charge on any atom is -0.508 e. The maximum atomic E-state index is 12.5. The van der Waals surface area contributed by atoms with Gasteiger partial charge in [0.15, 0.2) is 0 Å². The highest BCUT2D eigenvalue weighted by molar-refractivity contribution is 5.93. The first-order chi connectivity index (χ1) is 12.9. The fourth-order valence-corrected chi connectivity index (χ4v) is 2.83. The Hall–Kier alpha value is -3.48. The van der Waals surface area contributed by atoms with Gasteiger partial charge in [-0.3, -0.25) is 4.79 Å². The number of fused-ring (bicyclic) bond motifs is 1. The number of hydrogen-bond donors (Lipinski definition) is 2. The molecule has 1 amide bonds. The van der Waals surface area contributed by atoms with Crippen molar-refractivity contribution in [3.63, 3.8) is 0 Å². The number of nitrogens with one attached hydrogen (secondary N) is 1. The zero-order chi connectivity index (χ0) is 19.6. The van der Waals surface area contributed by atoms with Gasteiger partial charge in [-0.15, -0.1) is 0 Å². The minimum atomic E-state index is -0.607. The van der Waals surface area contributed by atoms with Gasteiger partial charge in [-0.2, -0.15) is 0 Å². The number of ether oxygens (including phenoxy) is 2. The lowest BCUT2D eigenvalue weighted by atomic mass is 10.0. The van der Waals surface area contributed by atoms with Crippen LogP contribution in [0.3, 0.4) is 0 Å². The van der Waals surface area contributed by atoms with E-state index in [1.165, 1.54) is 26.4 Å². The van der Waals surface area contributed by atoms with Gasteiger partial charge in [0.2, 0.25) is 5.91 Å². The van der Waals surface area contributed by atoms with E-state index in [0.29, 0.717) is 28.1 Å². The van der Waals surface area contributed by atoms with Crippen molar-refractivity contribution < 1.29 is 23.8 Å². The maximum absolute atomic E-state index is 12.5. The molecular weight excluding hydrogens is 350 g/mol. The van der Waals surface area contributed by atoms with Crippen LogP contribution in [0, 0.1) is 6.92 Å². The molecule has 0 radical (unpaired) electrons. The van der Waals surface area contributed by atoms with Crippen LogP contribution in [0.25, 0.3) is 11.0 Å². The average Bonchev–Trinajstić information content (AvgIpc) is 2.64. The Kier molecular flexibility index (Phi) is 5.03. The Morgan fingerprint density at radius 3 is 2.41 bits per heavy atom. The summed E-state index contributed by atoms with van der Waals surface area (Å²) in [6, 6.07) is 9.51. The number of aryl methyl sites for hydroxylation is 1. The van der Waals surface area contributed by atoms with Crippen molar-refractivity contribution in [1.29, 1.82) is 0 Å². The number of methoxy groups -OCH3 is 2. The van der Waals surface area contributed by atoms with Crippen molar-refractivity contribution in [3.8, 4) is 17.2 Å². The minimum absolute atomic E-state index is 0.00233. The van der Waals surface area contributed by atoms with Gasteiger partial charge in [-0.05, 0) is 24.6 Å². The fourth-order valence-electron chi connectivity index (χ4n) is 2.83. The molecule has 0 saturated carbocycles. The summed E-state index contributed by atoms with van der Waals surface area (Å²) >= 11 is 0. The van der Waals surface area contributed by atoms with Gasteiger partial charge in [-0.1, -0.05) is 0 Å². The third-order valence-corrected chi connectivity index (χ3v) is 4.24. The normalized spacial score (nSPS) is 10.6. The summed E-state index contributed by atoms with van der Waals surface area (Å²) in [6.45, 7) is 1.74. The number of benzene rings is 2. The molecule has 140 valence electrons. The van der Waals surface area contributed by atoms with Crippen LogP contribution in [-0.4, -0.2) is 25.2 Å². The standard InChI is InChI=1S/C20H19NO6/c1-11-16-5-4-13(22)8-18(16)27-20(24)17(11)10-19(23)21-12-6-14(25-2)9-15(7-12)26-3/h4-9,22H,10H2,1-3H3,(H,21,23). The molecule has 0 saturated heterocycles. The molecule has 7 heteroatoms. The summed E-state index contributed by atoms with van der Waals surface area (Å²) in [6.07, 6.45) is -0.148. The number of carbonyl (C=O) groups is 1. The largest absolute Gasteiger partial charge is 0.508 e. The number of aromatic hydroxyl groups is 1. The lowest BCUT2D eigenvalue weighted by molar-refractivity contribution is -0.115. The maximum Gasteiger partial charge on any atom is 0.340 e. The molecule has 27 heavy (non-hydrogen) atoms. The first-order valence-electron chi connectivity index (χ1n) is 8.19. The van der Waals surface area contributed by atoms with E-state index in [0.717, 1.165) is 0 Å².